The van der Waals surface area contributed by atoms with Crippen molar-refractivity contribution in [1.82, 2.24) is 10.9 Å². The standard InChI is InChI=1S/C24H18Cl3F9N2O/c25-17-8-12(9-18(26)20(17)27)15(23(31,32)33)10-19(28)11-1-2-14(16(7-11)24(34,35)36)21(39)38-37-13-3-5-22(29,30)6-4-13/h1-2,7-10,13,15,37H,3-6H2,(H,38,39). The van der Waals surface area contributed by atoms with Crippen LogP contribution in [0.5, 0.6) is 0 Å². The zero-order valence-electron chi connectivity index (χ0n) is 19.4. The average Bonchev–Trinajstić information content (AvgIpc) is 2.83. The van der Waals surface area contributed by atoms with Crippen LogP contribution in [0.15, 0.2) is 36.4 Å². The summed E-state index contributed by atoms with van der Waals surface area (Å²) < 4.78 is 124. The van der Waals surface area contributed by atoms with Crippen molar-refractivity contribution in [1.29, 1.82) is 0 Å². The molecule has 2 N–H and O–H groups in total. The second kappa shape index (κ2) is 11.8. The summed E-state index contributed by atoms with van der Waals surface area (Å²) in [4.78, 5) is 12.4. The minimum absolute atomic E-state index is 0.0429. The second-order valence-corrected chi connectivity index (χ2v) is 10.0. The van der Waals surface area contributed by atoms with Gasteiger partial charge in [0.15, 0.2) is 0 Å². The number of halogens is 12. The summed E-state index contributed by atoms with van der Waals surface area (Å²) in [6, 6.07) is 2.47. The lowest BCUT2D eigenvalue weighted by molar-refractivity contribution is -0.140. The van der Waals surface area contributed by atoms with Gasteiger partial charge in [-0.25, -0.2) is 18.6 Å². The number of alkyl halides is 8. The van der Waals surface area contributed by atoms with Gasteiger partial charge < -0.3 is 0 Å². The van der Waals surface area contributed by atoms with Crippen LogP contribution >= 0.6 is 34.8 Å². The molecule has 1 aliphatic rings. The molecule has 2 aromatic rings. The van der Waals surface area contributed by atoms with Crippen LogP contribution in [0.3, 0.4) is 0 Å². The number of allylic oxidation sites excluding steroid dienone is 1. The zero-order valence-corrected chi connectivity index (χ0v) is 21.7. The van der Waals surface area contributed by atoms with Gasteiger partial charge >= 0.3 is 12.4 Å². The maximum Gasteiger partial charge on any atom is 0.417 e. The van der Waals surface area contributed by atoms with Crippen LogP contribution in [-0.2, 0) is 6.18 Å². The second-order valence-electron chi connectivity index (χ2n) is 8.82. The van der Waals surface area contributed by atoms with Gasteiger partial charge in [0.25, 0.3) is 5.91 Å². The van der Waals surface area contributed by atoms with E-state index in [1.807, 2.05) is 5.43 Å². The van der Waals surface area contributed by atoms with E-state index in [-0.39, 0.29) is 40.1 Å². The van der Waals surface area contributed by atoms with Crippen LogP contribution in [0.25, 0.3) is 5.83 Å². The number of amides is 1. The number of hydrogen-bond donors (Lipinski definition) is 2. The molecule has 0 radical (unpaired) electrons. The topological polar surface area (TPSA) is 41.1 Å². The molecule has 0 saturated heterocycles. The first-order valence-electron chi connectivity index (χ1n) is 11.1. The maximum atomic E-state index is 15.0. The van der Waals surface area contributed by atoms with E-state index in [1.54, 1.807) is 0 Å². The third-order valence-electron chi connectivity index (χ3n) is 5.98. The van der Waals surface area contributed by atoms with Crippen molar-refractivity contribution < 1.29 is 44.3 Å². The lowest BCUT2D eigenvalue weighted by Gasteiger charge is -2.29. The fourth-order valence-electron chi connectivity index (χ4n) is 3.92. The molecule has 15 heteroatoms. The predicted octanol–water partition coefficient (Wildman–Crippen LogP) is 9.13. The summed E-state index contributed by atoms with van der Waals surface area (Å²) in [5.74, 6) is -8.49. The first kappa shape index (κ1) is 31.4. The van der Waals surface area contributed by atoms with E-state index < -0.39 is 77.1 Å². The molecule has 0 bridgehead atoms. The third-order valence-corrected chi connectivity index (χ3v) is 7.18. The fourth-order valence-corrected chi connectivity index (χ4v) is 4.53. The van der Waals surface area contributed by atoms with Crippen molar-refractivity contribution in [2.75, 3.05) is 0 Å². The molecule has 1 atom stereocenters. The van der Waals surface area contributed by atoms with Crippen LogP contribution in [0, 0.1) is 0 Å². The van der Waals surface area contributed by atoms with Gasteiger partial charge in [-0.3, -0.25) is 10.2 Å². The van der Waals surface area contributed by atoms with E-state index in [4.69, 9.17) is 34.8 Å². The largest absolute Gasteiger partial charge is 0.417 e. The summed E-state index contributed by atoms with van der Waals surface area (Å²) in [5, 5.41) is -0.952. The molecule has 3 nitrogen and oxygen atoms in total. The van der Waals surface area contributed by atoms with Gasteiger partial charge in [-0.2, -0.15) is 26.3 Å². The Labute approximate surface area is 231 Å². The van der Waals surface area contributed by atoms with Crippen molar-refractivity contribution in [3.8, 4) is 0 Å². The maximum absolute atomic E-state index is 15.0. The summed E-state index contributed by atoms with van der Waals surface area (Å²) in [6.07, 6.45) is -11.3. The number of hydrazine groups is 1. The average molecular weight is 628 g/mol. The first-order chi connectivity index (χ1) is 17.9. The Hall–Kier alpha value is -2.15. The lowest BCUT2D eigenvalue weighted by atomic mass is 9.93. The van der Waals surface area contributed by atoms with E-state index >= 15 is 0 Å². The van der Waals surface area contributed by atoms with E-state index in [1.165, 1.54) is 0 Å². The molecule has 1 aliphatic carbocycles. The van der Waals surface area contributed by atoms with Crippen LogP contribution < -0.4 is 10.9 Å². The van der Waals surface area contributed by atoms with Gasteiger partial charge in [-0.1, -0.05) is 40.9 Å². The van der Waals surface area contributed by atoms with E-state index in [0.717, 1.165) is 12.1 Å². The highest BCUT2D eigenvalue weighted by Gasteiger charge is 2.41. The monoisotopic (exact) mass is 626 g/mol. The molecule has 1 saturated carbocycles. The molecule has 0 heterocycles. The van der Waals surface area contributed by atoms with Gasteiger partial charge in [-0.15, -0.1) is 0 Å². The lowest BCUT2D eigenvalue weighted by Crippen LogP contribution is -2.47. The first-order valence-corrected chi connectivity index (χ1v) is 12.3. The van der Waals surface area contributed by atoms with Gasteiger partial charge in [0, 0.05) is 24.4 Å². The smallest absolute Gasteiger partial charge is 0.287 e. The Balaban J connectivity index is 1.90. The Morgan fingerprint density at radius 3 is 2.05 bits per heavy atom. The minimum Gasteiger partial charge on any atom is -0.287 e. The molecule has 1 fully saturated rings. The minimum atomic E-state index is -5.20. The van der Waals surface area contributed by atoms with Crippen molar-refractivity contribution in [2.24, 2.45) is 0 Å². The Morgan fingerprint density at radius 2 is 1.54 bits per heavy atom. The van der Waals surface area contributed by atoms with E-state index in [9.17, 15) is 44.3 Å². The quantitative estimate of drug-likeness (QED) is 0.191. The van der Waals surface area contributed by atoms with Crippen LogP contribution in [0.1, 0.15) is 58.6 Å². The normalized spacial score (nSPS) is 17.7. The highest BCUT2D eigenvalue weighted by atomic mass is 35.5. The van der Waals surface area contributed by atoms with Crippen molar-refractivity contribution in [2.45, 2.75) is 55.9 Å². The number of carbonyl (C=O) groups excluding carboxylic acids is 1. The molecule has 1 unspecified atom stereocenters. The SMILES string of the molecule is O=C(NNC1CCC(F)(F)CC1)c1ccc(C(F)=CC(c2cc(Cl)c(Cl)c(Cl)c2)C(F)(F)F)cc1C(F)(F)F. The molecule has 0 aromatic heterocycles. The Bertz CT molecular complexity index is 1230. The summed E-state index contributed by atoms with van der Waals surface area (Å²) >= 11 is 17.3. The van der Waals surface area contributed by atoms with Crippen LogP contribution in [0.2, 0.25) is 15.1 Å². The molecule has 214 valence electrons. The van der Waals surface area contributed by atoms with E-state index in [0.29, 0.717) is 12.1 Å². The number of carbonyl (C=O) groups is 1. The van der Waals surface area contributed by atoms with Crippen molar-refractivity contribution in [3.05, 3.63) is 73.7 Å². The summed E-state index contributed by atoms with van der Waals surface area (Å²) in [5.41, 5.74) is 0.335. The molecular weight excluding hydrogens is 610 g/mol. The van der Waals surface area contributed by atoms with Crippen molar-refractivity contribution >= 4 is 46.5 Å². The molecule has 2 aromatic carbocycles. The van der Waals surface area contributed by atoms with Gasteiger partial charge in [0.05, 0.1) is 26.2 Å². The number of benzene rings is 2. The van der Waals surface area contributed by atoms with Gasteiger partial charge in [0.1, 0.15) is 11.7 Å². The van der Waals surface area contributed by atoms with Crippen LogP contribution in [-0.4, -0.2) is 24.0 Å². The highest BCUT2D eigenvalue weighted by molar-refractivity contribution is 6.48. The van der Waals surface area contributed by atoms with Gasteiger partial charge in [-0.05, 0) is 48.7 Å². The Kier molecular flexibility index (Phi) is 9.46. The fraction of sp³-hybridized carbons (Fsp3) is 0.375. The van der Waals surface area contributed by atoms with E-state index in [2.05, 4.69) is 5.43 Å². The van der Waals surface area contributed by atoms with Gasteiger partial charge in [0.2, 0.25) is 5.92 Å². The van der Waals surface area contributed by atoms with Crippen LogP contribution in [0.4, 0.5) is 39.5 Å². The molecule has 3 rings (SSSR count). The molecule has 1 amide bonds. The Morgan fingerprint density at radius 1 is 0.974 bits per heavy atom. The summed E-state index contributed by atoms with van der Waals surface area (Å²) in [6.45, 7) is 0. The molecular formula is C24H18Cl3F9N2O. The van der Waals surface area contributed by atoms with Crippen molar-refractivity contribution in [3.63, 3.8) is 0 Å². The third kappa shape index (κ3) is 7.96. The highest BCUT2D eigenvalue weighted by Crippen LogP contribution is 2.43. The summed E-state index contributed by atoms with van der Waals surface area (Å²) in [7, 11) is 0. The molecule has 0 spiro atoms. The zero-order chi connectivity index (χ0) is 29.3. The predicted molar refractivity (Wildman–Crippen MR) is 129 cm³/mol. The molecule has 39 heavy (non-hydrogen) atoms. The molecule has 0 aliphatic heterocycles. The number of rotatable bonds is 6. The number of hydrogen-bond acceptors (Lipinski definition) is 2. The number of nitrogens with one attached hydrogen (secondary N) is 2.